The van der Waals surface area contributed by atoms with Crippen molar-refractivity contribution in [3.8, 4) is 11.5 Å². The van der Waals surface area contributed by atoms with Crippen molar-refractivity contribution < 1.29 is 13.9 Å². The van der Waals surface area contributed by atoms with E-state index in [1.165, 1.54) is 5.56 Å². The number of pyridine rings is 1. The van der Waals surface area contributed by atoms with Gasteiger partial charge in [0.25, 0.3) is 0 Å². The van der Waals surface area contributed by atoms with Gasteiger partial charge in [0.05, 0.1) is 5.52 Å². The van der Waals surface area contributed by atoms with Crippen LogP contribution in [0.3, 0.4) is 0 Å². The maximum absolute atomic E-state index is 13.5. The second-order valence-corrected chi connectivity index (χ2v) is 8.49. The minimum atomic E-state index is -0.177. The first kappa shape index (κ1) is 20.1. The van der Waals surface area contributed by atoms with Gasteiger partial charge >= 0.3 is 0 Å². The van der Waals surface area contributed by atoms with Gasteiger partial charge in [-0.25, -0.2) is 4.39 Å². The van der Waals surface area contributed by atoms with Gasteiger partial charge in [-0.15, -0.1) is 0 Å². The smallest absolute Gasteiger partial charge is 0.171 e. The number of hydrogen-bond donors (Lipinski definition) is 2. The summed E-state index contributed by atoms with van der Waals surface area (Å²) in [6, 6.07) is 13.4. The standard InChI is InChI=1S/C25H28FN3O2/c1-16-4-9-21-22(28-16)10-11-24-25(21)31-20(15-30-24)14-27-12-2-3-19-8-6-17-5-7-18(26)13-23(17)29-19/h4-5,7,9-11,13,19-20,27,29H,2-3,6,8,12,14-15H2,1H3. The van der Waals surface area contributed by atoms with Gasteiger partial charge in [-0.2, -0.15) is 0 Å². The topological polar surface area (TPSA) is 55.4 Å². The Morgan fingerprint density at radius 3 is 3.06 bits per heavy atom. The Kier molecular flexibility index (Phi) is 5.64. The van der Waals surface area contributed by atoms with Crippen molar-refractivity contribution in [3.05, 3.63) is 59.5 Å². The van der Waals surface area contributed by atoms with Gasteiger partial charge < -0.3 is 20.1 Å². The third-order valence-corrected chi connectivity index (χ3v) is 6.11. The van der Waals surface area contributed by atoms with Crippen molar-refractivity contribution in [1.82, 2.24) is 10.3 Å². The highest BCUT2D eigenvalue weighted by molar-refractivity contribution is 5.88. The number of fused-ring (bicyclic) bond motifs is 4. The van der Waals surface area contributed by atoms with Crippen LogP contribution in [0.5, 0.6) is 11.5 Å². The summed E-state index contributed by atoms with van der Waals surface area (Å²) in [6.45, 7) is 4.18. The Morgan fingerprint density at radius 1 is 1.19 bits per heavy atom. The number of aryl methyl sites for hydroxylation is 2. The van der Waals surface area contributed by atoms with E-state index < -0.39 is 0 Å². The van der Waals surface area contributed by atoms with E-state index in [9.17, 15) is 4.39 Å². The fourth-order valence-electron chi connectivity index (χ4n) is 4.45. The number of nitrogens with one attached hydrogen (secondary N) is 2. The lowest BCUT2D eigenvalue weighted by molar-refractivity contribution is 0.0925. The van der Waals surface area contributed by atoms with Crippen molar-refractivity contribution in [2.24, 2.45) is 0 Å². The molecule has 162 valence electrons. The third-order valence-electron chi connectivity index (χ3n) is 6.11. The van der Waals surface area contributed by atoms with E-state index in [0.717, 1.165) is 72.6 Å². The molecule has 2 unspecified atom stereocenters. The Balaban J connectivity index is 1.09. The lowest BCUT2D eigenvalue weighted by Gasteiger charge is -2.28. The molecule has 2 atom stereocenters. The number of nitrogens with zero attached hydrogens (tertiary/aromatic N) is 1. The van der Waals surface area contributed by atoms with Gasteiger partial charge in [-0.1, -0.05) is 6.07 Å². The SMILES string of the molecule is Cc1ccc2c3c(ccc2n1)OCC(CNCCCC1CCc2ccc(F)cc2N1)O3. The average molecular weight is 422 g/mol. The molecule has 5 nitrogen and oxygen atoms in total. The Morgan fingerprint density at radius 2 is 2.13 bits per heavy atom. The second kappa shape index (κ2) is 8.71. The second-order valence-electron chi connectivity index (χ2n) is 8.49. The molecule has 3 aromatic rings. The molecule has 5 rings (SSSR count). The summed E-state index contributed by atoms with van der Waals surface area (Å²) in [7, 11) is 0. The molecule has 3 heterocycles. The summed E-state index contributed by atoms with van der Waals surface area (Å²) in [6.07, 6.45) is 4.19. The van der Waals surface area contributed by atoms with Gasteiger partial charge in [0.1, 0.15) is 18.5 Å². The van der Waals surface area contributed by atoms with Crippen molar-refractivity contribution in [3.63, 3.8) is 0 Å². The zero-order chi connectivity index (χ0) is 21.2. The number of halogens is 1. The van der Waals surface area contributed by atoms with Crippen LogP contribution in [0.4, 0.5) is 10.1 Å². The highest BCUT2D eigenvalue weighted by Gasteiger charge is 2.23. The predicted molar refractivity (Wildman–Crippen MR) is 121 cm³/mol. The third kappa shape index (κ3) is 4.44. The number of rotatable bonds is 6. The molecule has 6 heteroatoms. The van der Waals surface area contributed by atoms with Crippen molar-refractivity contribution in [2.45, 2.75) is 44.8 Å². The van der Waals surface area contributed by atoms with Gasteiger partial charge in [-0.3, -0.25) is 4.98 Å². The summed E-state index contributed by atoms with van der Waals surface area (Å²) >= 11 is 0. The van der Waals surface area contributed by atoms with Gasteiger partial charge in [-0.05, 0) is 81.1 Å². The summed E-state index contributed by atoms with van der Waals surface area (Å²) in [4.78, 5) is 4.58. The number of ether oxygens (including phenoxy) is 2. The van der Waals surface area contributed by atoms with Crippen molar-refractivity contribution in [2.75, 3.05) is 25.0 Å². The molecule has 0 aliphatic carbocycles. The largest absolute Gasteiger partial charge is 0.486 e. The van der Waals surface area contributed by atoms with E-state index in [-0.39, 0.29) is 11.9 Å². The number of hydrogen-bond acceptors (Lipinski definition) is 5. The Hall–Kier alpha value is -2.86. The highest BCUT2D eigenvalue weighted by atomic mass is 19.1. The molecule has 2 aliphatic rings. The summed E-state index contributed by atoms with van der Waals surface area (Å²) in [5, 5.41) is 7.99. The maximum Gasteiger partial charge on any atom is 0.171 e. The number of benzene rings is 2. The van der Waals surface area contributed by atoms with E-state index in [4.69, 9.17) is 9.47 Å². The van der Waals surface area contributed by atoms with Crippen LogP contribution in [0.1, 0.15) is 30.5 Å². The molecular formula is C25H28FN3O2. The molecule has 31 heavy (non-hydrogen) atoms. The first-order valence-electron chi connectivity index (χ1n) is 11.1. The number of anilines is 1. The molecule has 0 fully saturated rings. The van der Waals surface area contributed by atoms with Gasteiger partial charge in [0.15, 0.2) is 11.5 Å². The van der Waals surface area contributed by atoms with Crippen LogP contribution in [-0.2, 0) is 6.42 Å². The molecule has 0 radical (unpaired) electrons. The van der Waals surface area contributed by atoms with Crippen LogP contribution < -0.4 is 20.1 Å². The van der Waals surface area contributed by atoms with E-state index in [1.54, 1.807) is 12.1 Å². The minimum Gasteiger partial charge on any atom is -0.486 e. The van der Waals surface area contributed by atoms with Crippen LogP contribution in [-0.4, -0.2) is 36.8 Å². The van der Waals surface area contributed by atoms with Crippen molar-refractivity contribution in [1.29, 1.82) is 0 Å². The van der Waals surface area contributed by atoms with E-state index >= 15 is 0 Å². The Bertz CT molecular complexity index is 1090. The van der Waals surface area contributed by atoms with E-state index in [0.29, 0.717) is 12.6 Å². The van der Waals surface area contributed by atoms with Crippen LogP contribution >= 0.6 is 0 Å². The summed E-state index contributed by atoms with van der Waals surface area (Å²) < 4.78 is 25.7. The van der Waals surface area contributed by atoms with E-state index in [1.807, 2.05) is 31.2 Å². The Labute approximate surface area is 182 Å². The zero-order valence-electron chi connectivity index (χ0n) is 17.8. The molecule has 0 saturated carbocycles. The van der Waals surface area contributed by atoms with Gasteiger partial charge in [0, 0.05) is 29.4 Å². The molecular weight excluding hydrogens is 393 g/mol. The molecule has 1 aromatic heterocycles. The quantitative estimate of drug-likeness (QED) is 0.569. The highest BCUT2D eigenvalue weighted by Crippen LogP contribution is 2.38. The fourth-order valence-corrected chi connectivity index (χ4v) is 4.45. The molecule has 2 aromatic carbocycles. The molecule has 2 N–H and O–H groups in total. The molecule has 0 spiro atoms. The van der Waals surface area contributed by atoms with Crippen LogP contribution in [0, 0.1) is 12.7 Å². The molecule has 2 aliphatic heterocycles. The van der Waals surface area contributed by atoms with Gasteiger partial charge in [0.2, 0.25) is 0 Å². The van der Waals surface area contributed by atoms with E-state index in [2.05, 4.69) is 21.7 Å². The average Bonchev–Trinajstić information content (AvgIpc) is 2.78. The lowest BCUT2D eigenvalue weighted by atomic mass is 9.95. The first-order valence-corrected chi connectivity index (χ1v) is 11.1. The first-order chi connectivity index (χ1) is 15.2. The summed E-state index contributed by atoms with van der Waals surface area (Å²) in [5.74, 6) is 1.40. The van der Waals surface area contributed by atoms with Crippen LogP contribution in [0.25, 0.3) is 10.9 Å². The van der Waals surface area contributed by atoms with Crippen LogP contribution in [0.15, 0.2) is 42.5 Å². The zero-order valence-corrected chi connectivity index (χ0v) is 17.8. The summed E-state index contributed by atoms with van der Waals surface area (Å²) in [5.41, 5.74) is 4.08. The van der Waals surface area contributed by atoms with Crippen LogP contribution in [0.2, 0.25) is 0 Å². The number of aromatic nitrogens is 1. The minimum absolute atomic E-state index is 0.0259. The maximum atomic E-state index is 13.5. The van der Waals surface area contributed by atoms with Crippen molar-refractivity contribution >= 4 is 16.6 Å². The normalized spacial score (nSPS) is 19.7. The monoisotopic (exact) mass is 421 g/mol. The molecule has 0 saturated heterocycles. The predicted octanol–water partition coefficient (Wildman–Crippen LogP) is 4.62. The molecule has 0 bridgehead atoms. The fraction of sp³-hybridized carbons (Fsp3) is 0.400. The molecule has 0 amide bonds. The lowest BCUT2D eigenvalue weighted by Crippen LogP contribution is -2.39.